The molecular weight excluding hydrogens is 224 g/mol. The van der Waals surface area contributed by atoms with E-state index >= 15 is 0 Å². The fourth-order valence-electron chi connectivity index (χ4n) is 2.38. The van der Waals surface area contributed by atoms with E-state index in [4.69, 9.17) is 11.2 Å². The van der Waals surface area contributed by atoms with Gasteiger partial charge in [-0.15, -0.1) is 12.3 Å². The molecule has 3 nitrogen and oxygen atoms in total. The Morgan fingerprint density at radius 1 is 1.28 bits per heavy atom. The van der Waals surface area contributed by atoms with Crippen molar-refractivity contribution in [3.05, 3.63) is 35.9 Å². The molecule has 0 N–H and O–H groups in total. The number of nitrogens with zero attached hydrogens (tertiary/aromatic N) is 2. The molecule has 0 radical (unpaired) electrons. The lowest BCUT2D eigenvalue weighted by Gasteiger charge is -2.40. The Bertz CT molecular complexity index is 466. The number of ether oxygens (including phenoxy) is 1. The summed E-state index contributed by atoms with van der Waals surface area (Å²) in [6.45, 7) is 2.79. The van der Waals surface area contributed by atoms with Crippen molar-refractivity contribution in [2.24, 2.45) is 0 Å². The molecule has 0 bridgehead atoms. The monoisotopic (exact) mass is 240 g/mol. The topological polar surface area (TPSA) is 36.3 Å². The van der Waals surface area contributed by atoms with E-state index in [1.807, 2.05) is 30.3 Å². The lowest BCUT2D eigenvalue weighted by atomic mass is 9.86. The minimum absolute atomic E-state index is 0.396. The molecule has 1 unspecified atom stereocenters. The maximum absolute atomic E-state index is 9.69. The van der Waals surface area contributed by atoms with Crippen molar-refractivity contribution >= 4 is 0 Å². The first-order valence-electron chi connectivity index (χ1n) is 6.06. The normalized spacial score (nSPS) is 19.4. The molecule has 1 heterocycles. The van der Waals surface area contributed by atoms with Crippen LogP contribution in [0.4, 0.5) is 0 Å². The summed E-state index contributed by atoms with van der Waals surface area (Å²) in [7, 11) is 0. The van der Waals surface area contributed by atoms with Gasteiger partial charge < -0.3 is 4.74 Å². The van der Waals surface area contributed by atoms with Crippen LogP contribution < -0.4 is 0 Å². The van der Waals surface area contributed by atoms with Crippen molar-refractivity contribution in [2.75, 3.05) is 26.3 Å². The highest BCUT2D eigenvalue weighted by molar-refractivity contribution is 5.33. The molecule has 18 heavy (non-hydrogen) atoms. The predicted octanol–water partition coefficient (Wildman–Crippen LogP) is 1.76. The van der Waals surface area contributed by atoms with Crippen molar-refractivity contribution in [1.29, 1.82) is 5.26 Å². The number of nitriles is 1. The van der Waals surface area contributed by atoms with Crippen molar-refractivity contribution in [1.82, 2.24) is 4.90 Å². The summed E-state index contributed by atoms with van der Waals surface area (Å²) >= 11 is 0. The molecule has 1 aliphatic heterocycles. The highest BCUT2D eigenvalue weighted by atomic mass is 16.5. The summed E-state index contributed by atoms with van der Waals surface area (Å²) in [5, 5.41) is 9.69. The van der Waals surface area contributed by atoms with Gasteiger partial charge in [0.1, 0.15) is 5.54 Å². The highest BCUT2D eigenvalue weighted by Gasteiger charge is 2.38. The van der Waals surface area contributed by atoms with Crippen molar-refractivity contribution in [3.8, 4) is 18.4 Å². The second-order valence-electron chi connectivity index (χ2n) is 4.32. The number of rotatable bonds is 3. The molecule has 1 aromatic carbocycles. The van der Waals surface area contributed by atoms with Crippen molar-refractivity contribution in [3.63, 3.8) is 0 Å². The van der Waals surface area contributed by atoms with Crippen LogP contribution in [0.3, 0.4) is 0 Å². The van der Waals surface area contributed by atoms with E-state index in [9.17, 15) is 5.26 Å². The minimum atomic E-state index is -0.722. The van der Waals surface area contributed by atoms with E-state index in [1.54, 1.807) is 0 Å². The second-order valence-corrected chi connectivity index (χ2v) is 4.32. The van der Waals surface area contributed by atoms with Gasteiger partial charge in [-0.3, -0.25) is 4.90 Å². The molecule has 92 valence electrons. The van der Waals surface area contributed by atoms with Crippen LogP contribution in [0.25, 0.3) is 0 Å². The Labute approximate surface area is 108 Å². The summed E-state index contributed by atoms with van der Waals surface area (Å²) in [6.07, 6.45) is 5.87. The Morgan fingerprint density at radius 2 is 1.94 bits per heavy atom. The van der Waals surface area contributed by atoms with E-state index < -0.39 is 5.54 Å². The van der Waals surface area contributed by atoms with Crippen LogP contribution in [-0.2, 0) is 10.3 Å². The molecule has 1 aromatic rings. The number of benzene rings is 1. The fraction of sp³-hybridized carbons (Fsp3) is 0.400. The number of terminal acetylenes is 1. The Balaban J connectivity index is 2.40. The van der Waals surface area contributed by atoms with E-state index in [2.05, 4.69) is 16.9 Å². The quantitative estimate of drug-likeness (QED) is 0.755. The Morgan fingerprint density at radius 3 is 2.50 bits per heavy atom. The average molecular weight is 240 g/mol. The van der Waals surface area contributed by atoms with Crippen LogP contribution in [0.5, 0.6) is 0 Å². The molecule has 1 fully saturated rings. The van der Waals surface area contributed by atoms with Crippen LogP contribution in [0, 0.1) is 23.7 Å². The van der Waals surface area contributed by atoms with Gasteiger partial charge in [0, 0.05) is 19.5 Å². The van der Waals surface area contributed by atoms with Crippen LogP contribution in [0.1, 0.15) is 12.0 Å². The summed E-state index contributed by atoms with van der Waals surface area (Å²) in [6, 6.07) is 12.2. The molecule has 0 spiro atoms. The Hall–Kier alpha value is -1.81. The van der Waals surface area contributed by atoms with E-state index in [1.165, 1.54) is 0 Å². The maximum atomic E-state index is 9.69. The van der Waals surface area contributed by atoms with Gasteiger partial charge in [-0.1, -0.05) is 30.3 Å². The van der Waals surface area contributed by atoms with E-state index in [-0.39, 0.29) is 0 Å². The van der Waals surface area contributed by atoms with E-state index in [0.29, 0.717) is 19.6 Å². The average Bonchev–Trinajstić information content (AvgIpc) is 2.47. The van der Waals surface area contributed by atoms with Crippen molar-refractivity contribution < 1.29 is 4.74 Å². The third-order valence-corrected chi connectivity index (χ3v) is 3.35. The van der Waals surface area contributed by atoms with Gasteiger partial charge in [0.2, 0.25) is 0 Å². The van der Waals surface area contributed by atoms with Gasteiger partial charge in [-0.05, 0) is 5.56 Å². The van der Waals surface area contributed by atoms with Gasteiger partial charge in [0.15, 0.2) is 0 Å². The number of hydrogen-bond donors (Lipinski definition) is 0. The summed E-state index contributed by atoms with van der Waals surface area (Å²) < 4.78 is 5.35. The molecular formula is C15H16N2O. The Kier molecular flexibility index (Phi) is 3.99. The maximum Gasteiger partial charge on any atom is 0.145 e. The summed E-state index contributed by atoms with van der Waals surface area (Å²) in [5.41, 5.74) is 0.243. The smallest absolute Gasteiger partial charge is 0.145 e. The molecule has 1 aliphatic rings. The summed E-state index contributed by atoms with van der Waals surface area (Å²) in [4.78, 5) is 2.13. The first-order valence-corrected chi connectivity index (χ1v) is 6.06. The highest BCUT2D eigenvalue weighted by Crippen LogP contribution is 2.32. The van der Waals surface area contributed by atoms with Crippen LogP contribution >= 0.6 is 0 Å². The van der Waals surface area contributed by atoms with Gasteiger partial charge in [-0.2, -0.15) is 5.26 Å². The zero-order valence-electron chi connectivity index (χ0n) is 10.3. The van der Waals surface area contributed by atoms with Crippen LogP contribution in [-0.4, -0.2) is 31.2 Å². The van der Waals surface area contributed by atoms with Gasteiger partial charge in [-0.25, -0.2) is 0 Å². The van der Waals surface area contributed by atoms with Gasteiger partial charge in [0.25, 0.3) is 0 Å². The van der Waals surface area contributed by atoms with Gasteiger partial charge in [0.05, 0.1) is 19.3 Å². The van der Waals surface area contributed by atoms with Crippen LogP contribution in [0.2, 0.25) is 0 Å². The molecule has 1 saturated heterocycles. The summed E-state index contributed by atoms with van der Waals surface area (Å²) in [5.74, 6) is 2.65. The van der Waals surface area contributed by atoms with Gasteiger partial charge >= 0.3 is 0 Å². The minimum Gasteiger partial charge on any atom is -0.379 e. The molecule has 0 saturated carbocycles. The second kappa shape index (κ2) is 5.69. The molecule has 0 aromatic heterocycles. The zero-order chi connectivity index (χ0) is 12.8. The molecule has 0 amide bonds. The number of hydrogen-bond acceptors (Lipinski definition) is 3. The zero-order valence-corrected chi connectivity index (χ0v) is 10.3. The lowest BCUT2D eigenvalue weighted by molar-refractivity contribution is -0.00371. The number of morpholine rings is 1. The molecule has 0 aliphatic carbocycles. The SMILES string of the molecule is C#CCC(C#N)(c1ccccc1)N1CCOCC1. The standard InChI is InChI=1S/C15H16N2O/c1-2-8-15(13-16,14-6-4-3-5-7-14)17-9-11-18-12-10-17/h1,3-7H,8-12H2. The predicted molar refractivity (Wildman–Crippen MR) is 69.6 cm³/mol. The van der Waals surface area contributed by atoms with Crippen LogP contribution in [0.15, 0.2) is 30.3 Å². The fourth-order valence-corrected chi connectivity index (χ4v) is 2.38. The third kappa shape index (κ3) is 2.24. The molecule has 1 atom stereocenters. The molecule has 2 rings (SSSR count). The third-order valence-electron chi connectivity index (χ3n) is 3.35. The van der Waals surface area contributed by atoms with Crippen molar-refractivity contribution in [2.45, 2.75) is 12.0 Å². The lowest BCUT2D eigenvalue weighted by Crippen LogP contribution is -2.50. The molecule has 3 heteroatoms. The van der Waals surface area contributed by atoms with E-state index in [0.717, 1.165) is 18.7 Å². The first-order chi connectivity index (χ1) is 8.83. The first kappa shape index (κ1) is 12.6. The largest absolute Gasteiger partial charge is 0.379 e.